The van der Waals surface area contributed by atoms with Gasteiger partial charge in [-0.15, -0.1) is 0 Å². The molecule has 0 saturated heterocycles. The third-order valence-electron chi connectivity index (χ3n) is 6.64. The fourth-order valence-electron chi connectivity index (χ4n) is 4.91. The molecule has 2 heterocycles. The van der Waals surface area contributed by atoms with Gasteiger partial charge in [0.25, 0.3) is 11.5 Å². The Kier molecular flexibility index (Phi) is 6.48. The number of para-hydroxylation sites is 2. The minimum Gasteiger partial charge on any atom is -0.495 e. The van der Waals surface area contributed by atoms with E-state index >= 15 is 0 Å². The molecule has 35 heavy (non-hydrogen) atoms. The second-order valence-corrected chi connectivity index (χ2v) is 8.78. The fraction of sp³-hybridized carbons (Fsp3) is 0.478. The van der Waals surface area contributed by atoms with Crippen molar-refractivity contribution in [2.24, 2.45) is 5.92 Å². The summed E-state index contributed by atoms with van der Waals surface area (Å²) < 4.78 is 49.5. The normalized spacial score (nSPS) is 20.3. The Morgan fingerprint density at radius 2 is 1.86 bits per heavy atom. The first-order valence-corrected chi connectivity index (χ1v) is 11.3. The predicted molar refractivity (Wildman–Crippen MR) is 120 cm³/mol. The molecule has 1 atom stereocenters. The van der Waals surface area contributed by atoms with Gasteiger partial charge in [0.05, 0.1) is 12.8 Å². The van der Waals surface area contributed by atoms with Crippen LogP contribution in [0.25, 0.3) is 5.69 Å². The fourth-order valence-corrected chi connectivity index (χ4v) is 4.91. The van der Waals surface area contributed by atoms with Crippen LogP contribution in [0.1, 0.15) is 50.5 Å². The molecule has 1 aromatic heterocycles. The molecule has 4 rings (SSSR count). The lowest BCUT2D eigenvalue weighted by Crippen LogP contribution is -2.62. The molecule has 1 fully saturated rings. The maximum atomic E-state index is 14.5. The van der Waals surface area contributed by atoms with Crippen LogP contribution in [0.5, 0.6) is 5.75 Å². The van der Waals surface area contributed by atoms with Gasteiger partial charge < -0.3 is 15.4 Å². The van der Waals surface area contributed by atoms with E-state index in [1.165, 1.54) is 25.3 Å². The Morgan fingerprint density at radius 3 is 2.51 bits per heavy atom. The van der Waals surface area contributed by atoms with E-state index in [0.717, 1.165) is 36.7 Å². The highest BCUT2D eigenvalue weighted by Gasteiger charge is 2.68. The Bertz CT molecular complexity index is 1260. The van der Waals surface area contributed by atoms with Gasteiger partial charge in [-0.3, -0.25) is 19.4 Å². The molecule has 12 heteroatoms. The number of carbonyl (C=O) groups is 2. The summed E-state index contributed by atoms with van der Waals surface area (Å²) in [4.78, 5) is 52.8. The molecule has 3 N–H and O–H groups in total. The molecule has 0 unspecified atom stereocenters. The standard InChI is InChI=1S/C23H25F3N4O5/c1-35-15-10-6-5-9-14(15)30-18-17(19(32)28-21(30)34)22(20(33)27-18,23(24,25)26)29-16(31)12-11-13-7-3-2-4-8-13/h5-6,9-10,13H,2-4,7-8,11-12H2,1H3,(H,27,33)(H,29,31)(H,28,32,34)/t22-/m1/s1. The van der Waals surface area contributed by atoms with Crippen molar-refractivity contribution in [2.75, 3.05) is 12.4 Å². The SMILES string of the molecule is COc1ccccc1-n1c2c(c(=O)[nH]c1=O)[C@](NC(=O)CCC1CCCCC1)(C(F)(F)F)C(=O)N2. The van der Waals surface area contributed by atoms with Gasteiger partial charge in [0.15, 0.2) is 0 Å². The Balaban J connectivity index is 1.80. The van der Waals surface area contributed by atoms with Crippen LogP contribution < -0.4 is 26.6 Å². The number of halogens is 3. The lowest BCUT2D eigenvalue weighted by molar-refractivity contribution is -0.200. The van der Waals surface area contributed by atoms with Crippen molar-refractivity contribution in [3.8, 4) is 11.4 Å². The molecule has 188 valence electrons. The van der Waals surface area contributed by atoms with Gasteiger partial charge in [-0.1, -0.05) is 44.2 Å². The van der Waals surface area contributed by atoms with Crippen LogP contribution in [0.3, 0.4) is 0 Å². The molecule has 2 amide bonds. The lowest BCUT2D eigenvalue weighted by atomic mass is 9.85. The van der Waals surface area contributed by atoms with Gasteiger partial charge in [-0.05, 0) is 24.5 Å². The number of aromatic nitrogens is 2. The summed E-state index contributed by atoms with van der Waals surface area (Å²) in [7, 11) is 1.29. The Hall–Kier alpha value is -3.57. The number of alkyl halides is 3. The van der Waals surface area contributed by atoms with Crippen LogP contribution in [0.15, 0.2) is 33.9 Å². The van der Waals surface area contributed by atoms with Gasteiger partial charge >= 0.3 is 11.9 Å². The molecule has 0 spiro atoms. The van der Waals surface area contributed by atoms with Crippen molar-refractivity contribution in [1.29, 1.82) is 0 Å². The molecule has 9 nitrogen and oxygen atoms in total. The van der Waals surface area contributed by atoms with E-state index in [1.54, 1.807) is 11.4 Å². The molecule has 1 saturated carbocycles. The van der Waals surface area contributed by atoms with Gasteiger partial charge in [-0.2, -0.15) is 13.2 Å². The average Bonchev–Trinajstić information content (AvgIpc) is 3.11. The number of benzene rings is 1. The number of nitrogens with one attached hydrogen (secondary N) is 3. The molecule has 1 aliphatic heterocycles. The first-order valence-electron chi connectivity index (χ1n) is 11.3. The molecule has 1 aromatic carbocycles. The maximum absolute atomic E-state index is 14.5. The smallest absolute Gasteiger partial charge is 0.425 e. The number of nitrogens with zero attached hydrogens (tertiary/aromatic N) is 1. The number of aromatic amines is 1. The number of methoxy groups -OCH3 is 1. The number of anilines is 1. The van der Waals surface area contributed by atoms with Gasteiger partial charge in [-0.25, -0.2) is 9.36 Å². The molecular weight excluding hydrogens is 469 g/mol. The van der Waals surface area contributed by atoms with Gasteiger partial charge in [0.1, 0.15) is 17.1 Å². The highest BCUT2D eigenvalue weighted by Crippen LogP contribution is 2.46. The van der Waals surface area contributed by atoms with Gasteiger partial charge in [0.2, 0.25) is 11.4 Å². The Labute approximate surface area is 197 Å². The van der Waals surface area contributed by atoms with Gasteiger partial charge in [0, 0.05) is 6.42 Å². The first-order chi connectivity index (χ1) is 16.6. The quantitative estimate of drug-likeness (QED) is 0.570. The third-order valence-corrected chi connectivity index (χ3v) is 6.64. The van der Waals surface area contributed by atoms with E-state index in [-0.39, 0.29) is 23.8 Å². The summed E-state index contributed by atoms with van der Waals surface area (Å²) in [5.74, 6) is -3.03. The van der Waals surface area contributed by atoms with E-state index in [1.807, 2.05) is 10.3 Å². The summed E-state index contributed by atoms with van der Waals surface area (Å²) in [6.45, 7) is 0. The lowest BCUT2D eigenvalue weighted by Gasteiger charge is -2.30. The first kappa shape index (κ1) is 24.6. The minimum absolute atomic E-state index is 0.00519. The van der Waals surface area contributed by atoms with Crippen LogP contribution >= 0.6 is 0 Å². The van der Waals surface area contributed by atoms with E-state index in [0.29, 0.717) is 6.42 Å². The number of rotatable bonds is 6. The molecular formula is C23H25F3N4O5. The third kappa shape index (κ3) is 4.21. The zero-order valence-electron chi connectivity index (χ0n) is 19.0. The van der Waals surface area contributed by atoms with E-state index in [9.17, 15) is 32.3 Å². The van der Waals surface area contributed by atoms with Crippen molar-refractivity contribution in [2.45, 2.75) is 56.7 Å². The second kappa shape index (κ2) is 9.23. The van der Waals surface area contributed by atoms with Crippen molar-refractivity contribution in [3.05, 3.63) is 50.7 Å². The monoisotopic (exact) mass is 494 g/mol. The zero-order chi connectivity index (χ0) is 25.4. The summed E-state index contributed by atoms with van der Waals surface area (Å²) in [6.07, 6.45) is -0.334. The summed E-state index contributed by atoms with van der Waals surface area (Å²) >= 11 is 0. The molecule has 2 aliphatic rings. The largest absolute Gasteiger partial charge is 0.495 e. The predicted octanol–water partition coefficient (Wildman–Crippen LogP) is 2.72. The topological polar surface area (TPSA) is 122 Å². The molecule has 1 aliphatic carbocycles. The molecule has 0 radical (unpaired) electrons. The van der Waals surface area contributed by atoms with Crippen LogP contribution in [0.2, 0.25) is 0 Å². The van der Waals surface area contributed by atoms with Crippen molar-refractivity contribution >= 4 is 17.6 Å². The number of fused-ring (bicyclic) bond motifs is 1. The van der Waals surface area contributed by atoms with Crippen LogP contribution in [0, 0.1) is 5.92 Å². The molecule has 2 aromatic rings. The number of ether oxygens (including phenoxy) is 1. The van der Waals surface area contributed by atoms with Crippen molar-refractivity contribution < 1.29 is 27.5 Å². The van der Waals surface area contributed by atoms with Crippen molar-refractivity contribution in [3.63, 3.8) is 0 Å². The number of H-pyrrole nitrogens is 1. The average molecular weight is 494 g/mol. The summed E-state index contributed by atoms with van der Waals surface area (Å²) in [5, 5.41) is 3.82. The Morgan fingerprint density at radius 1 is 1.17 bits per heavy atom. The number of amides is 2. The van der Waals surface area contributed by atoms with E-state index < -0.39 is 46.2 Å². The highest BCUT2D eigenvalue weighted by molar-refractivity contribution is 6.07. The number of carbonyl (C=O) groups excluding carboxylic acids is 2. The summed E-state index contributed by atoms with van der Waals surface area (Å²) in [5.41, 5.74) is -7.28. The van der Waals surface area contributed by atoms with Crippen LogP contribution in [-0.4, -0.2) is 34.7 Å². The van der Waals surface area contributed by atoms with Crippen LogP contribution in [0.4, 0.5) is 19.0 Å². The minimum atomic E-state index is -5.38. The van der Waals surface area contributed by atoms with Crippen molar-refractivity contribution in [1.82, 2.24) is 14.9 Å². The maximum Gasteiger partial charge on any atom is 0.425 e. The van der Waals surface area contributed by atoms with Crippen LogP contribution in [-0.2, 0) is 15.1 Å². The molecule has 0 bridgehead atoms. The van der Waals surface area contributed by atoms with E-state index in [2.05, 4.69) is 0 Å². The number of hydrogen-bond donors (Lipinski definition) is 3. The number of hydrogen-bond acceptors (Lipinski definition) is 5. The zero-order valence-corrected chi connectivity index (χ0v) is 19.0. The summed E-state index contributed by atoms with van der Waals surface area (Å²) in [6, 6.07) is 5.91. The highest BCUT2D eigenvalue weighted by atomic mass is 19.4. The van der Waals surface area contributed by atoms with E-state index in [4.69, 9.17) is 4.74 Å². The second-order valence-electron chi connectivity index (χ2n) is 8.78.